The molecule has 17 heavy (non-hydrogen) atoms. The highest BCUT2D eigenvalue weighted by molar-refractivity contribution is 5.79. The van der Waals surface area contributed by atoms with Crippen molar-refractivity contribution in [1.82, 2.24) is 14.7 Å². The molecule has 0 saturated carbocycles. The van der Waals surface area contributed by atoms with E-state index in [9.17, 15) is 0 Å². The molecule has 0 bridgehead atoms. The fraction of sp³-hybridized carbons (Fsp3) is 0.917. The zero-order valence-corrected chi connectivity index (χ0v) is 11.6. The number of hydrogen-bond donors (Lipinski definition) is 0. The van der Waals surface area contributed by atoms with Gasteiger partial charge in [0.2, 0.25) is 0 Å². The molecular weight excluding hydrogens is 216 g/mol. The molecule has 0 amide bonds. The van der Waals surface area contributed by atoms with Crippen LogP contribution < -0.4 is 0 Å². The van der Waals surface area contributed by atoms with Crippen molar-refractivity contribution in [3.8, 4) is 0 Å². The average Bonchev–Trinajstić information content (AvgIpc) is 2.51. The molecule has 0 N–H and O–H groups in total. The van der Waals surface area contributed by atoms with Gasteiger partial charge in [-0.3, -0.25) is 9.89 Å². The fourth-order valence-electron chi connectivity index (χ4n) is 2.00. The molecule has 0 aliphatic carbocycles. The third kappa shape index (κ3) is 5.37. The molecule has 5 heteroatoms. The Balaban J connectivity index is 2.35. The highest BCUT2D eigenvalue weighted by atomic mass is 16.5. The van der Waals surface area contributed by atoms with E-state index in [1.165, 1.54) is 0 Å². The maximum absolute atomic E-state index is 5.43. The Morgan fingerprint density at radius 3 is 2.47 bits per heavy atom. The molecule has 1 aliphatic rings. The largest absolute Gasteiger partial charge is 0.380 e. The summed E-state index contributed by atoms with van der Waals surface area (Å²) in [6, 6.07) is 0. The van der Waals surface area contributed by atoms with Gasteiger partial charge in [-0.2, -0.15) is 0 Å². The van der Waals surface area contributed by atoms with Crippen LogP contribution in [0.1, 0.15) is 6.42 Å². The van der Waals surface area contributed by atoms with Crippen molar-refractivity contribution in [2.45, 2.75) is 6.42 Å². The van der Waals surface area contributed by atoms with E-state index in [2.05, 4.69) is 9.89 Å². The minimum Gasteiger partial charge on any atom is -0.380 e. The summed E-state index contributed by atoms with van der Waals surface area (Å²) in [6.07, 6.45) is 1.14. The monoisotopic (exact) mass is 242 g/mol. The van der Waals surface area contributed by atoms with Gasteiger partial charge in [0.1, 0.15) is 0 Å². The lowest BCUT2D eigenvalue weighted by molar-refractivity contribution is 0.142. The standard InChI is InChI=1S/C12H26N4O/c1-14(2)12(15(3)4)13-6-8-16-7-5-10-17-11-9-16/h5-11H2,1-4H3. The van der Waals surface area contributed by atoms with Crippen molar-refractivity contribution < 1.29 is 4.74 Å². The van der Waals surface area contributed by atoms with Crippen LogP contribution in [0.4, 0.5) is 0 Å². The van der Waals surface area contributed by atoms with Crippen LogP contribution in [0.3, 0.4) is 0 Å². The Kier molecular flexibility index (Phi) is 6.29. The summed E-state index contributed by atoms with van der Waals surface area (Å²) in [5, 5.41) is 0. The van der Waals surface area contributed by atoms with Gasteiger partial charge in [0.15, 0.2) is 5.96 Å². The maximum atomic E-state index is 5.43. The highest BCUT2D eigenvalue weighted by Crippen LogP contribution is 1.99. The van der Waals surface area contributed by atoms with Crippen LogP contribution in [0.2, 0.25) is 0 Å². The van der Waals surface area contributed by atoms with Gasteiger partial charge in [-0.25, -0.2) is 0 Å². The molecule has 0 aromatic heterocycles. The summed E-state index contributed by atoms with van der Waals surface area (Å²) in [5.41, 5.74) is 0. The van der Waals surface area contributed by atoms with Crippen molar-refractivity contribution in [1.29, 1.82) is 0 Å². The Hall–Kier alpha value is -0.810. The summed E-state index contributed by atoms with van der Waals surface area (Å²) in [4.78, 5) is 11.2. The number of hydrogen-bond acceptors (Lipinski definition) is 3. The van der Waals surface area contributed by atoms with Gasteiger partial charge in [-0.1, -0.05) is 0 Å². The van der Waals surface area contributed by atoms with Gasteiger partial charge in [0, 0.05) is 54.4 Å². The first-order chi connectivity index (χ1) is 8.11. The summed E-state index contributed by atoms with van der Waals surface area (Å²) in [6.45, 7) is 5.81. The van der Waals surface area contributed by atoms with E-state index in [0.717, 1.165) is 51.8 Å². The smallest absolute Gasteiger partial charge is 0.195 e. The van der Waals surface area contributed by atoms with Crippen LogP contribution in [0.25, 0.3) is 0 Å². The molecule has 0 unspecified atom stereocenters. The summed E-state index contributed by atoms with van der Waals surface area (Å²) in [5.74, 6) is 1.02. The van der Waals surface area contributed by atoms with Crippen molar-refractivity contribution in [3.05, 3.63) is 0 Å². The summed E-state index contributed by atoms with van der Waals surface area (Å²) in [7, 11) is 8.11. The number of rotatable bonds is 3. The topological polar surface area (TPSA) is 31.3 Å². The van der Waals surface area contributed by atoms with Crippen molar-refractivity contribution in [2.75, 3.05) is 67.6 Å². The van der Waals surface area contributed by atoms with E-state index in [4.69, 9.17) is 4.74 Å². The lowest BCUT2D eigenvalue weighted by Crippen LogP contribution is -2.36. The third-order valence-corrected chi connectivity index (χ3v) is 2.78. The van der Waals surface area contributed by atoms with Gasteiger partial charge in [0.05, 0.1) is 13.2 Å². The second-order valence-electron chi connectivity index (χ2n) is 4.78. The first-order valence-electron chi connectivity index (χ1n) is 6.30. The van der Waals surface area contributed by atoms with E-state index < -0.39 is 0 Å². The first-order valence-corrected chi connectivity index (χ1v) is 6.30. The van der Waals surface area contributed by atoms with E-state index in [1.54, 1.807) is 0 Å². The minimum absolute atomic E-state index is 0.853. The second kappa shape index (κ2) is 7.50. The van der Waals surface area contributed by atoms with Crippen LogP contribution in [-0.2, 0) is 4.74 Å². The first kappa shape index (κ1) is 14.3. The molecule has 100 valence electrons. The van der Waals surface area contributed by atoms with E-state index >= 15 is 0 Å². The Labute approximate surface area is 105 Å². The van der Waals surface area contributed by atoms with Crippen molar-refractivity contribution in [2.24, 2.45) is 4.99 Å². The Morgan fingerprint density at radius 2 is 1.82 bits per heavy atom. The van der Waals surface area contributed by atoms with Gasteiger partial charge in [-0.15, -0.1) is 0 Å². The molecule has 0 spiro atoms. The quantitative estimate of drug-likeness (QED) is 0.522. The molecule has 0 radical (unpaired) electrons. The Bertz CT molecular complexity index is 223. The molecular formula is C12H26N4O. The average molecular weight is 242 g/mol. The van der Waals surface area contributed by atoms with Crippen LogP contribution in [0, 0.1) is 0 Å². The van der Waals surface area contributed by atoms with Gasteiger partial charge >= 0.3 is 0 Å². The molecule has 0 aromatic rings. The maximum Gasteiger partial charge on any atom is 0.195 e. The summed E-state index contributed by atoms with van der Waals surface area (Å²) < 4.78 is 5.43. The fourth-order valence-corrected chi connectivity index (χ4v) is 2.00. The van der Waals surface area contributed by atoms with Crippen LogP contribution >= 0.6 is 0 Å². The predicted octanol–water partition coefficient (Wildman–Crippen LogP) is 0.188. The van der Waals surface area contributed by atoms with Crippen molar-refractivity contribution in [3.63, 3.8) is 0 Å². The van der Waals surface area contributed by atoms with Crippen LogP contribution in [0.15, 0.2) is 4.99 Å². The van der Waals surface area contributed by atoms with Gasteiger partial charge in [-0.05, 0) is 6.42 Å². The van der Waals surface area contributed by atoms with Crippen LogP contribution in [0.5, 0.6) is 0 Å². The number of aliphatic imine (C=N–C) groups is 1. The predicted molar refractivity (Wildman–Crippen MR) is 71.6 cm³/mol. The van der Waals surface area contributed by atoms with E-state index in [-0.39, 0.29) is 0 Å². The number of ether oxygens (including phenoxy) is 1. The molecule has 1 fully saturated rings. The summed E-state index contributed by atoms with van der Waals surface area (Å²) >= 11 is 0. The second-order valence-corrected chi connectivity index (χ2v) is 4.78. The zero-order chi connectivity index (χ0) is 12.7. The normalized spacial score (nSPS) is 17.4. The zero-order valence-electron chi connectivity index (χ0n) is 11.6. The van der Waals surface area contributed by atoms with E-state index in [0.29, 0.717) is 0 Å². The van der Waals surface area contributed by atoms with Gasteiger partial charge < -0.3 is 14.5 Å². The highest BCUT2D eigenvalue weighted by Gasteiger charge is 2.09. The van der Waals surface area contributed by atoms with Crippen molar-refractivity contribution >= 4 is 5.96 Å². The third-order valence-electron chi connectivity index (χ3n) is 2.78. The number of nitrogens with zero attached hydrogens (tertiary/aromatic N) is 4. The lowest BCUT2D eigenvalue weighted by atomic mass is 10.4. The molecule has 5 nitrogen and oxygen atoms in total. The SMILES string of the molecule is CN(C)C(=NCCN1CCCOCC1)N(C)C. The van der Waals surface area contributed by atoms with Gasteiger partial charge in [0.25, 0.3) is 0 Å². The van der Waals surface area contributed by atoms with Crippen LogP contribution in [-0.4, -0.2) is 88.2 Å². The molecule has 0 atom stereocenters. The molecule has 1 heterocycles. The molecule has 1 saturated heterocycles. The minimum atomic E-state index is 0.853. The molecule has 1 rings (SSSR count). The molecule has 0 aromatic carbocycles. The Morgan fingerprint density at radius 1 is 1.12 bits per heavy atom. The molecule has 1 aliphatic heterocycles. The lowest BCUT2D eigenvalue weighted by Gasteiger charge is -2.23. The number of guanidine groups is 1. The van der Waals surface area contributed by atoms with E-state index in [1.807, 2.05) is 38.0 Å².